The van der Waals surface area contributed by atoms with Gasteiger partial charge < -0.3 is 9.84 Å². The predicted octanol–water partition coefficient (Wildman–Crippen LogP) is 3.81. The van der Waals surface area contributed by atoms with E-state index in [1.807, 2.05) is 45.0 Å². The quantitative estimate of drug-likeness (QED) is 0.861. The summed E-state index contributed by atoms with van der Waals surface area (Å²) in [6.07, 6.45) is 2.05. The number of hydrogen-bond acceptors (Lipinski definition) is 3. The number of carbonyl (C=O) groups excluding carboxylic acids is 1. The smallest absolute Gasteiger partial charge is 0.411 e. The summed E-state index contributed by atoms with van der Waals surface area (Å²) >= 11 is 0. The van der Waals surface area contributed by atoms with Crippen molar-refractivity contribution < 1.29 is 14.6 Å². The molecule has 0 bridgehead atoms. The first-order valence-electron chi connectivity index (χ1n) is 7.70. The lowest BCUT2D eigenvalue weighted by atomic mass is 9.97. The van der Waals surface area contributed by atoms with E-state index in [0.29, 0.717) is 19.4 Å². The molecule has 1 aliphatic rings. The number of ether oxygens (including phenoxy) is 1. The molecule has 1 aromatic rings. The molecule has 4 heteroatoms. The Labute approximate surface area is 132 Å². The number of benzene rings is 1. The van der Waals surface area contributed by atoms with Gasteiger partial charge in [0, 0.05) is 0 Å². The number of hydrogen-bond donors (Lipinski definition) is 1. The first kappa shape index (κ1) is 16.6. The Balaban J connectivity index is 2.25. The van der Waals surface area contributed by atoms with Crippen molar-refractivity contribution in [1.82, 2.24) is 4.90 Å². The predicted molar refractivity (Wildman–Crippen MR) is 86.4 cm³/mol. The first-order valence-corrected chi connectivity index (χ1v) is 7.70. The molecule has 1 aromatic carbocycles. The van der Waals surface area contributed by atoms with Crippen molar-refractivity contribution in [2.24, 2.45) is 0 Å². The van der Waals surface area contributed by atoms with Crippen LogP contribution in [0.3, 0.4) is 0 Å². The van der Waals surface area contributed by atoms with Crippen LogP contribution in [0.4, 0.5) is 4.79 Å². The van der Waals surface area contributed by atoms with Gasteiger partial charge in [0.1, 0.15) is 5.60 Å². The zero-order valence-corrected chi connectivity index (χ0v) is 13.6. The topological polar surface area (TPSA) is 49.8 Å². The largest absolute Gasteiger partial charge is 0.444 e. The average Bonchev–Trinajstić information content (AvgIpc) is 2.82. The first-order chi connectivity index (χ1) is 10.3. The van der Waals surface area contributed by atoms with Gasteiger partial charge in [-0.05, 0) is 44.7 Å². The molecule has 4 nitrogen and oxygen atoms in total. The van der Waals surface area contributed by atoms with Crippen molar-refractivity contribution >= 4 is 6.09 Å². The number of rotatable bonds is 4. The molecule has 120 valence electrons. The van der Waals surface area contributed by atoms with Crippen LogP contribution in [0.15, 0.2) is 36.9 Å². The third kappa shape index (κ3) is 3.69. The van der Waals surface area contributed by atoms with Gasteiger partial charge in [0.05, 0.1) is 18.7 Å². The van der Waals surface area contributed by atoms with Crippen molar-refractivity contribution in [3.8, 4) is 0 Å². The van der Waals surface area contributed by atoms with Crippen LogP contribution >= 0.6 is 0 Å². The van der Waals surface area contributed by atoms with Crippen LogP contribution in [0.2, 0.25) is 0 Å². The molecule has 1 N–H and O–H groups in total. The molecule has 1 aliphatic heterocycles. The zero-order chi connectivity index (χ0) is 16.3. The minimum Gasteiger partial charge on any atom is -0.444 e. The van der Waals surface area contributed by atoms with E-state index in [2.05, 4.69) is 6.58 Å². The molecule has 2 rings (SSSR count). The molecule has 0 fully saturated rings. The SMILES string of the molecule is C=CCCC(O)C1c2ccccc2CN1C(=O)OC(C)(C)C. The summed E-state index contributed by atoms with van der Waals surface area (Å²) in [5.74, 6) is 0. The zero-order valence-electron chi connectivity index (χ0n) is 13.6. The minimum atomic E-state index is -0.630. The molecular weight excluding hydrogens is 278 g/mol. The molecule has 22 heavy (non-hydrogen) atoms. The summed E-state index contributed by atoms with van der Waals surface area (Å²) in [6, 6.07) is 7.50. The van der Waals surface area contributed by atoms with Crippen LogP contribution < -0.4 is 0 Å². The second-order valence-corrected chi connectivity index (χ2v) is 6.69. The lowest BCUT2D eigenvalue weighted by Gasteiger charge is -2.31. The fourth-order valence-electron chi connectivity index (χ4n) is 2.78. The van der Waals surface area contributed by atoms with E-state index in [1.165, 1.54) is 0 Å². The summed E-state index contributed by atoms with van der Waals surface area (Å²) < 4.78 is 5.49. The lowest BCUT2D eigenvalue weighted by Crippen LogP contribution is -2.39. The number of nitrogens with zero attached hydrogens (tertiary/aromatic N) is 1. The summed E-state index contributed by atoms with van der Waals surface area (Å²) in [5.41, 5.74) is 1.52. The van der Waals surface area contributed by atoms with Crippen LogP contribution in [-0.4, -0.2) is 27.8 Å². The average molecular weight is 303 g/mol. The van der Waals surface area contributed by atoms with E-state index < -0.39 is 11.7 Å². The molecule has 0 saturated carbocycles. The third-order valence-corrected chi connectivity index (χ3v) is 3.71. The van der Waals surface area contributed by atoms with Gasteiger partial charge >= 0.3 is 6.09 Å². The Bertz CT molecular complexity index is 548. The molecule has 2 unspecified atom stereocenters. The van der Waals surface area contributed by atoms with Gasteiger partial charge in [-0.15, -0.1) is 6.58 Å². The van der Waals surface area contributed by atoms with Crippen LogP contribution in [-0.2, 0) is 11.3 Å². The van der Waals surface area contributed by atoms with Crippen molar-refractivity contribution in [2.45, 2.75) is 57.9 Å². The summed E-state index contributed by atoms with van der Waals surface area (Å²) in [5, 5.41) is 10.5. The standard InChI is InChI=1S/C18H25NO3/c1-5-6-11-15(20)16-14-10-8-7-9-13(14)12-19(16)17(21)22-18(2,3)4/h5,7-10,15-16,20H,1,6,11-12H2,2-4H3. The highest BCUT2D eigenvalue weighted by atomic mass is 16.6. The maximum Gasteiger partial charge on any atom is 0.411 e. The molecule has 0 aromatic heterocycles. The van der Waals surface area contributed by atoms with E-state index in [-0.39, 0.29) is 12.1 Å². The highest BCUT2D eigenvalue weighted by Gasteiger charge is 2.39. The van der Waals surface area contributed by atoms with E-state index in [4.69, 9.17) is 4.74 Å². The Morgan fingerprint density at radius 2 is 2.18 bits per heavy atom. The van der Waals surface area contributed by atoms with Crippen molar-refractivity contribution in [2.75, 3.05) is 0 Å². The highest BCUT2D eigenvalue weighted by Crippen LogP contribution is 2.38. The number of aliphatic hydroxyl groups excluding tert-OH is 1. The molecule has 0 radical (unpaired) electrons. The van der Waals surface area contributed by atoms with E-state index in [9.17, 15) is 9.90 Å². The maximum atomic E-state index is 12.5. The Kier molecular flexibility index (Phi) is 4.91. The third-order valence-electron chi connectivity index (χ3n) is 3.71. The van der Waals surface area contributed by atoms with E-state index in [1.54, 1.807) is 11.0 Å². The Morgan fingerprint density at radius 1 is 1.50 bits per heavy atom. The molecule has 0 aliphatic carbocycles. The Hall–Kier alpha value is -1.81. The van der Waals surface area contributed by atoms with E-state index in [0.717, 1.165) is 11.1 Å². The molecule has 1 heterocycles. The molecule has 2 atom stereocenters. The summed E-state index contributed by atoms with van der Waals surface area (Å²) in [4.78, 5) is 14.1. The van der Waals surface area contributed by atoms with Crippen LogP contribution in [0.5, 0.6) is 0 Å². The number of fused-ring (bicyclic) bond motifs is 1. The normalized spacial score (nSPS) is 18.7. The number of amides is 1. The van der Waals surface area contributed by atoms with Crippen LogP contribution in [0.25, 0.3) is 0 Å². The molecule has 0 saturated heterocycles. The minimum absolute atomic E-state index is 0.356. The van der Waals surface area contributed by atoms with Crippen molar-refractivity contribution in [3.63, 3.8) is 0 Å². The van der Waals surface area contributed by atoms with Gasteiger partial charge in [0.15, 0.2) is 0 Å². The molecule has 1 amide bonds. The second-order valence-electron chi connectivity index (χ2n) is 6.69. The van der Waals surface area contributed by atoms with Crippen LogP contribution in [0, 0.1) is 0 Å². The van der Waals surface area contributed by atoms with Gasteiger partial charge in [-0.1, -0.05) is 30.3 Å². The van der Waals surface area contributed by atoms with Gasteiger partial charge in [-0.2, -0.15) is 0 Å². The van der Waals surface area contributed by atoms with Crippen molar-refractivity contribution in [1.29, 1.82) is 0 Å². The highest BCUT2D eigenvalue weighted by molar-refractivity contribution is 5.70. The van der Waals surface area contributed by atoms with Gasteiger partial charge in [-0.3, -0.25) is 4.90 Å². The summed E-state index contributed by atoms with van der Waals surface area (Å²) in [7, 11) is 0. The maximum absolute atomic E-state index is 12.5. The monoisotopic (exact) mass is 303 g/mol. The second kappa shape index (κ2) is 6.53. The Morgan fingerprint density at radius 3 is 2.82 bits per heavy atom. The van der Waals surface area contributed by atoms with Crippen LogP contribution in [0.1, 0.15) is 50.8 Å². The van der Waals surface area contributed by atoms with Gasteiger partial charge in [0.25, 0.3) is 0 Å². The van der Waals surface area contributed by atoms with Crippen molar-refractivity contribution in [3.05, 3.63) is 48.0 Å². The lowest BCUT2D eigenvalue weighted by molar-refractivity contribution is -0.00463. The fourth-order valence-corrected chi connectivity index (χ4v) is 2.78. The van der Waals surface area contributed by atoms with Gasteiger partial charge in [0.2, 0.25) is 0 Å². The fraction of sp³-hybridized carbons (Fsp3) is 0.500. The summed E-state index contributed by atoms with van der Waals surface area (Å²) in [6.45, 7) is 9.70. The molecular formula is C18H25NO3. The van der Waals surface area contributed by atoms with E-state index >= 15 is 0 Å². The molecule has 0 spiro atoms. The van der Waals surface area contributed by atoms with Gasteiger partial charge in [-0.25, -0.2) is 4.79 Å². The number of carbonyl (C=O) groups is 1. The number of allylic oxidation sites excluding steroid dienone is 1. The number of aliphatic hydroxyl groups is 1.